The van der Waals surface area contributed by atoms with Gasteiger partial charge in [0.1, 0.15) is 10.9 Å². The highest BCUT2D eigenvalue weighted by molar-refractivity contribution is 9.09. The lowest BCUT2D eigenvalue weighted by molar-refractivity contribution is -0.414. The monoisotopic (exact) mass is 560 g/mol. The molecule has 2 atom stereocenters. The first kappa shape index (κ1) is 29.2. The quantitative estimate of drug-likeness (QED) is 0.297. The van der Waals surface area contributed by atoms with Crippen molar-refractivity contribution in [2.24, 2.45) is 0 Å². The van der Waals surface area contributed by atoms with Crippen LogP contribution in [0.4, 0.5) is 79.0 Å². The summed E-state index contributed by atoms with van der Waals surface area (Å²) in [6, 6.07) is 0. The van der Waals surface area contributed by atoms with E-state index in [1.54, 1.807) is 0 Å². The summed E-state index contributed by atoms with van der Waals surface area (Å²) >= 11 is 0.785. The van der Waals surface area contributed by atoms with Gasteiger partial charge in [-0.05, 0) is 0 Å². The molecular weight excluding hydrogens is 558 g/mol. The van der Waals surface area contributed by atoms with Crippen LogP contribution in [0.25, 0.3) is 0 Å². The second-order valence-corrected chi connectivity index (χ2v) is 6.37. The number of aliphatic hydroxyl groups is 1. The van der Waals surface area contributed by atoms with Crippen molar-refractivity contribution >= 4 is 15.9 Å². The molecule has 0 spiro atoms. The molecule has 2 unspecified atom stereocenters. The van der Waals surface area contributed by atoms with E-state index in [0.717, 1.165) is 15.9 Å². The first-order valence-electron chi connectivity index (χ1n) is 6.29. The minimum absolute atomic E-state index is 0.785. The molecule has 0 aliphatic heterocycles. The Bertz CT molecular complexity index is 563. The number of alkyl halides is 19. The maximum atomic E-state index is 13.4. The molecule has 0 heterocycles. The van der Waals surface area contributed by atoms with E-state index in [-0.39, 0.29) is 0 Å². The zero-order valence-electron chi connectivity index (χ0n) is 12.8. The van der Waals surface area contributed by atoms with Crippen LogP contribution in [0.15, 0.2) is 0 Å². The summed E-state index contributed by atoms with van der Waals surface area (Å²) in [6.45, 7) is 0. The average Bonchev–Trinajstić information content (AvgIpc) is 2.50. The minimum Gasteiger partial charge on any atom is -0.385 e. The van der Waals surface area contributed by atoms with Crippen LogP contribution < -0.4 is 0 Å². The maximum Gasteiger partial charge on any atom is 0.460 e. The molecule has 0 rings (SSSR count). The Balaban J connectivity index is 6.40. The van der Waals surface area contributed by atoms with Crippen LogP contribution in [-0.2, 0) is 0 Å². The molecule has 0 fully saturated rings. The minimum atomic E-state index is -7.87. The molecule has 0 bridgehead atoms. The van der Waals surface area contributed by atoms with Gasteiger partial charge in [0.2, 0.25) is 0 Å². The van der Waals surface area contributed by atoms with Gasteiger partial charge in [-0.15, -0.1) is 0 Å². The van der Waals surface area contributed by atoms with Crippen molar-refractivity contribution in [2.75, 3.05) is 0 Å². The van der Waals surface area contributed by atoms with E-state index in [1.807, 2.05) is 0 Å². The molecule has 0 radical (unpaired) electrons. The normalized spacial score (nSPS) is 18.4. The van der Waals surface area contributed by atoms with Crippen LogP contribution >= 0.6 is 15.9 Å². The van der Waals surface area contributed by atoms with Crippen molar-refractivity contribution in [1.29, 1.82) is 0 Å². The molecule has 0 saturated heterocycles. The van der Waals surface area contributed by atoms with Crippen LogP contribution in [0.1, 0.15) is 0 Å². The standard InChI is InChI=1S/C10H3BrF18O/c11-1(3(12,13)5(16,17)7(20,21)9(24,25)26)2(30)4(14,15)6(18,19)8(22,23)10(27,28)29/h1-2,30H. The second kappa shape index (κ2) is 7.36. The number of hydrogen-bond acceptors (Lipinski definition) is 1. The van der Waals surface area contributed by atoms with Gasteiger partial charge in [-0.3, -0.25) is 0 Å². The molecule has 0 aromatic rings. The van der Waals surface area contributed by atoms with Crippen molar-refractivity contribution in [1.82, 2.24) is 0 Å². The lowest BCUT2D eigenvalue weighted by Crippen LogP contribution is -2.70. The smallest absolute Gasteiger partial charge is 0.385 e. The van der Waals surface area contributed by atoms with E-state index in [1.165, 1.54) is 0 Å². The van der Waals surface area contributed by atoms with Gasteiger partial charge in [-0.1, -0.05) is 15.9 Å². The summed E-state index contributed by atoms with van der Waals surface area (Å²) in [5.41, 5.74) is 0. The van der Waals surface area contributed by atoms with E-state index in [2.05, 4.69) is 0 Å². The highest BCUT2D eigenvalue weighted by Crippen LogP contribution is 2.59. The fourth-order valence-electron chi connectivity index (χ4n) is 1.52. The Kier molecular flexibility index (Phi) is 7.16. The van der Waals surface area contributed by atoms with Gasteiger partial charge >= 0.3 is 47.9 Å². The van der Waals surface area contributed by atoms with Gasteiger partial charge in [0.25, 0.3) is 0 Å². The number of halogens is 19. The van der Waals surface area contributed by atoms with Crippen molar-refractivity contribution in [3.63, 3.8) is 0 Å². The van der Waals surface area contributed by atoms with E-state index in [4.69, 9.17) is 5.11 Å². The third-order valence-corrected chi connectivity index (χ3v) is 4.41. The van der Waals surface area contributed by atoms with E-state index >= 15 is 0 Å². The molecule has 182 valence electrons. The lowest BCUT2D eigenvalue weighted by atomic mass is 9.91. The zero-order valence-corrected chi connectivity index (χ0v) is 14.4. The van der Waals surface area contributed by atoms with Crippen molar-refractivity contribution in [3.8, 4) is 0 Å². The van der Waals surface area contributed by atoms with Crippen LogP contribution in [0.5, 0.6) is 0 Å². The molecule has 0 aromatic carbocycles. The van der Waals surface area contributed by atoms with E-state index in [0.29, 0.717) is 0 Å². The van der Waals surface area contributed by atoms with Gasteiger partial charge in [0.15, 0.2) is 0 Å². The molecule has 20 heteroatoms. The predicted octanol–water partition coefficient (Wildman–Crippen LogP) is 6.05. The molecule has 30 heavy (non-hydrogen) atoms. The Labute approximate surface area is 160 Å². The van der Waals surface area contributed by atoms with Crippen LogP contribution in [0.2, 0.25) is 0 Å². The summed E-state index contributed by atoms with van der Waals surface area (Å²) in [6.07, 6.45) is -20.5. The SMILES string of the molecule is OC(C(Br)C(F)(F)C(F)(F)C(F)(F)C(F)(F)F)C(F)(F)C(F)(F)C(F)(F)C(F)(F)F. The third-order valence-electron chi connectivity index (χ3n) is 3.33. The average molecular weight is 561 g/mol. The van der Waals surface area contributed by atoms with Crippen LogP contribution in [0, 0.1) is 0 Å². The fraction of sp³-hybridized carbons (Fsp3) is 1.00. The first-order valence-corrected chi connectivity index (χ1v) is 7.20. The summed E-state index contributed by atoms with van der Waals surface area (Å²) < 4.78 is 228. The Morgan fingerprint density at radius 2 is 0.667 bits per heavy atom. The molecule has 0 aromatic heterocycles. The van der Waals surface area contributed by atoms with E-state index in [9.17, 15) is 79.0 Å². The lowest BCUT2D eigenvalue weighted by Gasteiger charge is -2.41. The van der Waals surface area contributed by atoms with Crippen molar-refractivity contribution in [3.05, 3.63) is 0 Å². The first-order chi connectivity index (χ1) is 12.6. The molecule has 0 aliphatic carbocycles. The predicted molar refractivity (Wildman–Crippen MR) is 60.5 cm³/mol. The van der Waals surface area contributed by atoms with Gasteiger partial charge < -0.3 is 5.11 Å². The van der Waals surface area contributed by atoms with Crippen molar-refractivity contribution in [2.45, 2.75) is 58.8 Å². The molecule has 0 aliphatic rings. The zero-order chi connectivity index (χ0) is 25.2. The maximum absolute atomic E-state index is 13.4. The Morgan fingerprint density at radius 1 is 0.433 bits per heavy atom. The fourth-order valence-corrected chi connectivity index (χ4v) is 2.14. The number of rotatable bonds is 7. The van der Waals surface area contributed by atoms with Crippen LogP contribution in [0.3, 0.4) is 0 Å². The van der Waals surface area contributed by atoms with Crippen LogP contribution in [-0.4, -0.2) is 63.9 Å². The molecule has 0 saturated carbocycles. The highest BCUT2D eigenvalue weighted by Gasteiger charge is 2.87. The summed E-state index contributed by atoms with van der Waals surface area (Å²) in [7, 11) is 0. The molecule has 1 nitrogen and oxygen atoms in total. The van der Waals surface area contributed by atoms with Crippen molar-refractivity contribution < 1.29 is 84.1 Å². The number of hydrogen-bond donors (Lipinski definition) is 1. The Morgan fingerprint density at radius 3 is 0.900 bits per heavy atom. The van der Waals surface area contributed by atoms with Gasteiger partial charge in [0.05, 0.1) is 0 Å². The van der Waals surface area contributed by atoms with Gasteiger partial charge in [-0.2, -0.15) is 79.0 Å². The van der Waals surface area contributed by atoms with E-state index < -0.39 is 58.8 Å². The summed E-state index contributed by atoms with van der Waals surface area (Å²) in [4.78, 5) is -5.03. The van der Waals surface area contributed by atoms with Gasteiger partial charge in [0, 0.05) is 0 Å². The topological polar surface area (TPSA) is 20.2 Å². The summed E-state index contributed by atoms with van der Waals surface area (Å²) in [5.74, 6) is -46.0. The van der Waals surface area contributed by atoms with Gasteiger partial charge in [-0.25, -0.2) is 0 Å². The summed E-state index contributed by atoms with van der Waals surface area (Å²) in [5, 5.41) is 8.66. The Hall–Kier alpha value is -0.820. The largest absolute Gasteiger partial charge is 0.460 e. The molecular formula is C10H3BrF18O. The highest BCUT2D eigenvalue weighted by atomic mass is 79.9. The molecule has 0 amide bonds. The molecule has 1 N–H and O–H groups in total. The number of aliphatic hydroxyl groups excluding tert-OH is 1. The second-order valence-electron chi connectivity index (χ2n) is 5.39. The third kappa shape index (κ3) is 3.89.